The van der Waals surface area contributed by atoms with Crippen LogP contribution in [0.25, 0.3) is 10.2 Å². The van der Waals surface area contributed by atoms with Gasteiger partial charge in [-0.15, -0.1) is 11.3 Å². The van der Waals surface area contributed by atoms with E-state index in [1.807, 2.05) is 11.4 Å². The number of hydrogen-bond donors (Lipinski definition) is 2. The summed E-state index contributed by atoms with van der Waals surface area (Å²) >= 11 is 1.43. The van der Waals surface area contributed by atoms with Crippen molar-refractivity contribution in [1.29, 1.82) is 0 Å². The maximum absolute atomic E-state index is 11.8. The minimum Gasteiger partial charge on any atom is -0.308 e. The van der Waals surface area contributed by atoms with Crippen molar-refractivity contribution in [2.24, 2.45) is 5.92 Å². The van der Waals surface area contributed by atoms with E-state index < -0.39 is 0 Å². The average molecular weight is 265 g/mol. The highest BCUT2D eigenvalue weighted by Gasteiger charge is 2.11. The highest BCUT2D eigenvalue weighted by atomic mass is 32.1. The summed E-state index contributed by atoms with van der Waals surface area (Å²) in [6, 6.07) is 2.34. The number of aromatic nitrogens is 2. The molecule has 0 saturated carbocycles. The van der Waals surface area contributed by atoms with E-state index in [4.69, 9.17) is 0 Å². The van der Waals surface area contributed by atoms with Gasteiger partial charge in [-0.3, -0.25) is 4.79 Å². The molecule has 4 nitrogen and oxygen atoms in total. The van der Waals surface area contributed by atoms with Crippen molar-refractivity contribution in [3.8, 4) is 0 Å². The molecule has 0 saturated heterocycles. The van der Waals surface area contributed by atoms with Crippen molar-refractivity contribution in [3.05, 3.63) is 27.6 Å². The molecule has 0 aromatic carbocycles. The molecular formula is C13H19N3OS. The van der Waals surface area contributed by atoms with E-state index in [9.17, 15) is 4.79 Å². The van der Waals surface area contributed by atoms with Crippen LogP contribution in [0, 0.1) is 5.92 Å². The molecule has 2 aromatic rings. The molecule has 0 fully saturated rings. The van der Waals surface area contributed by atoms with Gasteiger partial charge in [0.25, 0.3) is 5.56 Å². The van der Waals surface area contributed by atoms with Crippen molar-refractivity contribution in [1.82, 2.24) is 15.3 Å². The lowest BCUT2D eigenvalue weighted by atomic mass is 10.0. The number of nitrogens with one attached hydrogen (secondary N) is 2. The molecule has 98 valence electrons. The van der Waals surface area contributed by atoms with Crippen LogP contribution in [0.4, 0.5) is 0 Å². The largest absolute Gasteiger partial charge is 0.308 e. The molecule has 0 aliphatic carbocycles. The first-order valence-corrected chi connectivity index (χ1v) is 7.19. The minimum absolute atomic E-state index is 0.0376. The Kier molecular flexibility index (Phi) is 4.14. The fraction of sp³-hybridized carbons (Fsp3) is 0.538. The molecule has 2 rings (SSSR count). The molecule has 0 bridgehead atoms. The van der Waals surface area contributed by atoms with E-state index in [1.165, 1.54) is 11.3 Å². The molecule has 0 spiro atoms. The number of rotatable bonds is 5. The van der Waals surface area contributed by atoms with Crippen molar-refractivity contribution in [2.45, 2.75) is 39.8 Å². The fourth-order valence-electron chi connectivity index (χ4n) is 2.08. The first-order chi connectivity index (χ1) is 8.61. The van der Waals surface area contributed by atoms with E-state index in [0.717, 1.165) is 11.9 Å². The van der Waals surface area contributed by atoms with Gasteiger partial charge in [0.1, 0.15) is 10.5 Å². The third-order valence-corrected chi connectivity index (χ3v) is 4.04. The van der Waals surface area contributed by atoms with Gasteiger partial charge in [0.15, 0.2) is 0 Å². The molecular weight excluding hydrogens is 246 g/mol. The first-order valence-electron chi connectivity index (χ1n) is 6.31. The zero-order valence-electron chi connectivity index (χ0n) is 11.0. The Hall–Kier alpha value is -1.20. The van der Waals surface area contributed by atoms with Gasteiger partial charge in [-0.2, -0.15) is 0 Å². The smallest absolute Gasteiger partial charge is 0.268 e. The number of nitrogens with zero attached hydrogens (tertiary/aromatic N) is 1. The van der Waals surface area contributed by atoms with Gasteiger partial charge in [-0.25, -0.2) is 4.98 Å². The Morgan fingerprint density at radius 1 is 1.50 bits per heavy atom. The second-order valence-corrected chi connectivity index (χ2v) is 5.70. The molecule has 2 N–H and O–H groups in total. The SMILES string of the molecule is CCC(NCc1nc2ccsc2c(=O)[nH]1)C(C)C. The Bertz CT molecular complexity index is 573. The third-order valence-electron chi connectivity index (χ3n) is 3.14. The molecule has 1 atom stereocenters. The van der Waals surface area contributed by atoms with Crippen molar-refractivity contribution in [3.63, 3.8) is 0 Å². The van der Waals surface area contributed by atoms with Crippen LogP contribution in [0.15, 0.2) is 16.2 Å². The molecule has 18 heavy (non-hydrogen) atoms. The van der Waals surface area contributed by atoms with Gasteiger partial charge >= 0.3 is 0 Å². The second-order valence-electron chi connectivity index (χ2n) is 4.79. The van der Waals surface area contributed by atoms with Gasteiger partial charge in [-0.05, 0) is 23.8 Å². The molecule has 2 heterocycles. The van der Waals surface area contributed by atoms with E-state index in [1.54, 1.807) is 0 Å². The summed E-state index contributed by atoms with van der Waals surface area (Å²) in [5.41, 5.74) is 0.752. The third kappa shape index (κ3) is 2.79. The molecule has 1 unspecified atom stereocenters. The average Bonchev–Trinajstić information content (AvgIpc) is 2.78. The number of fused-ring (bicyclic) bond motifs is 1. The second kappa shape index (κ2) is 5.63. The van der Waals surface area contributed by atoms with Gasteiger partial charge in [0, 0.05) is 6.04 Å². The zero-order valence-corrected chi connectivity index (χ0v) is 11.8. The Morgan fingerprint density at radius 3 is 2.94 bits per heavy atom. The zero-order chi connectivity index (χ0) is 13.1. The molecule has 0 aliphatic rings. The summed E-state index contributed by atoms with van der Waals surface area (Å²) in [5.74, 6) is 1.29. The van der Waals surface area contributed by atoms with Crippen LogP contribution in [-0.2, 0) is 6.54 Å². The predicted molar refractivity (Wildman–Crippen MR) is 76.0 cm³/mol. The standard InChI is InChI=1S/C13H19N3OS/c1-4-9(8(2)3)14-7-11-15-10-5-6-18-12(10)13(17)16-11/h5-6,8-9,14H,4,7H2,1-3H3,(H,15,16,17). The lowest BCUT2D eigenvalue weighted by Gasteiger charge is -2.20. The quantitative estimate of drug-likeness (QED) is 0.873. The van der Waals surface area contributed by atoms with Gasteiger partial charge in [0.2, 0.25) is 0 Å². The van der Waals surface area contributed by atoms with Crippen LogP contribution in [0.2, 0.25) is 0 Å². The summed E-state index contributed by atoms with van der Waals surface area (Å²) < 4.78 is 0.703. The number of aromatic amines is 1. The summed E-state index contributed by atoms with van der Waals surface area (Å²) in [6.07, 6.45) is 1.07. The van der Waals surface area contributed by atoms with E-state index in [2.05, 4.69) is 36.1 Å². The van der Waals surface area contributed by atoms with Crippen LogP contribution < -0.4 is 10.9 Å². The summed E-state index contributed by atoms with van der Waals surface area (Å²) in [6.45, 7) is 7.16. The summed E-state index contributed by atoms with van der Waals surface area (Å²) in [7, 11) is 0. The van der Waals surface area contributed by atoms with Crippen LogP contribution >= 0.6 is 11.3 Å². The summed E-state index contributed by atoms with van der Waals surface area (Å²) in [4.78, 5) is 19.1. The van der Waals surface area contributed by atoms with E-state index in [0.29, 0.717) is 29.0 Å². The normalized spacial score (nSPS) is 13.3. The number of hydrogen-bond acceptors (Lipinski definition) is 4. The molecule has 0 radical (unpaired) electrons. The van der Waals surface area contributed by atoms with Crippen LogP contribution in [-0.4, -0.2) is 16.0 Å². The summed E-state index contributed by atoms with van der Waals surface area (Å²) in [5, 5.41) is 5.34. The van der Waals surface area contributed by atoms with Crippen molar-refractivity contribution in [2.75, 3.05) is 0 Å². The predicted octanol–water partition coefficient (Wildman–Crippen LogP) is 2.51. The Morgan fingerprint density at radius 2 is 2.28 bits per heavy atom. The molecule has 0 amide bonds. The van der Waals surface area contributed by atoms with Crippen molar-refractivity contribution >= 4 is 21.6 Å². The van der Waals surface area contributed by atoms with Gasteiger partial charge in [0.05, 0.1) is 12.1 Å². The number of H-pyrrole nitrogens is 1. The van der Waals surface area contributed by atoms with Crippen LogP contribution in [0.3, 0.4) is 0 Å². The molecule has 5 heteroatoms. The van der Waals surface area contributed by atoms with E-state index in [-0.39, 0.29) is 5.56 Å². The van der Waals surface area contributed by atoms with Crippen LogP contribution in [0.5, 0.6) is 0 Å². The Labute approximate surface area is 110 Å². The monoisotopic (exact) mass is 265 g/mol. The lowest BCUT2D eigenvalue weighted by Crippen LogP contribution is -2.33. The first kappa shape index (κ1) is 13.2. The highest BCUT2D eigenvalue weighted by Crippen LogP contribution is 2.13. The molecule has 2 aromatic heterocycles. The van der Waals surface area contributed by atoms with Gasteiger partial charge < -0.3 is 10.3 Å². The van der Waals surface area contributed by atoms with Crippen molar-refractivity contribution < 1.29 is 0 Å². The van der Waals surface area contributed by atoms with Crippen LogP contribution in [0.1, 0.15) is 33.0 Å². The highest BCUT2D eigenvalue weighted by molar-refractivity contribution is 7.17. The fourth-order valence-corrected chi connectivity index (χ4v) is 2.81. The van der Waals surface area contributed by atoms with Gasteiger partial charge in [-0.1, -0.05) is 20.8 Å². The molecule has 0 aliphatic heterocycles. The lowest BCUT2D eigenvalue weighted by molar-refractivity contribution is 0.383. The van der Waals surface area contributed by atoms with E-state index >= 15 is 0 Å². The minimum atomic E-state index is -0.0376. The maximum Gasteiger partial charge on any atom is 0.268 e. The Balaban J connectivity index is 2.14. The topological polar surface area (TPSA) is 57.8 Å². The number of thiophene rings is 1. The maximum atomic E-state index is 11.8.